The fourth-order valence-electron chi connectivity index (χ4n) is 1.58. The molecule has 1 aliphatic carbocycles. The number of nitrogens with one attached hydrogen (secondary N) is 1. The summed E-state index contributed by atoms with van der Waals surface area (Å²) in [6.45, 7) is 1.18. The average molecular weight is 185 g/mol. The Morgan fingerprint density at radius 1 is 1.46 bits per heavy atom. The molecule has 0 atom stereocenters. The van der Waals surface area contributed by atoms with Crippen LogP contribution in [0.2, 0.25) is 0 Å². The number of amides is 1. The topological polar surface area (TPSA) is 47.6 Å². The monoisotopic (exact) mass is 185 g/mol. The first kappa shape index (κ1) is 8.97. The molecule has 4 heteroatoms. The second-order valence-electron chi connectivity index (χ2n) is 3.77. The number of methoxy groups -OCH3 is 1. The summed E-state index contributed by atoms with van der Waals surface area (Å²) in [5.74, 6) is 0.243. The molecule has 1 heterocycles. The van der Waals surface area contributed by atoms with Crippen LogP contribution in [0.3, 0.4) is 0 Å². The molecule has 0 aromatic rings. The Morgan fingerprint density at radius 2 is 2.15 bits per heavy atom. The lowest BCUT2D eigenvalue weighted by Gasteiger charge is -2.36. The van der Waals surface area contributed by atoms with Gasteiger partial charge in [-0.25, -0.2) is 0 Å². The van der Waals surface area contributed by atoms with Crippen LogP contribution < -0.4 is 5.32 Å². The van der Waals surface area contributed by atoms with Gasteiger partial charge in [-0.1, -0.05) is 0 Å². The van der Waals surface area contributed by atoms with Crippen LogP contribution in [0, 0.1) is 5.92 Å². The molecule has 0 bridgehead atoms. The Morgan fingerprint density at radius 3 is 2.62 bits per heavy atom. The molecule has 2 aliphatic rings. The smallest absolute Gasteiger partial charge is 0.228 e. The van der Waals surface area contributed by atoms with Crippen molar-refractivity contribution >= 4 is 5.91 Å². The van der Waals surface area contributed by atoms with Crippen LogP contribution in [-0.2, 0) is 14.3 Å². The van der Waals surface area contributed by atoms with E-state index in [4.69, 9.17) is 9.47 Å². The summed E-state index contributed by atoms with van der Waals surface area (Å²) < 4.78 is 10.1. The molecule has 2 fully saturated rings. The molecule has 1 saturated carbocycles. The van der Waals surface area contributed by atoms with Gasteiger partial charge in [-0.05, 0) is 12.8 Å². The summed E-state index contributed by atoms with van der Waals surface area (Å²) in [7, 11) is 1.71. The number of hydrogen-bond acceptors (Lipinski definition) is 3. The first-order valence-electron chi connectivity index (χ1n) is 4.70. The van der Waals surface area contributed by atoms with E-state index in [9.17, 15) is 4.79 Å². The van der Waals surface area contributed by atoms with Gasteiger partial charge in [0.1, 0.15) is 0 Å². The molecule has 0 radical (unpaired) electrons. The van der Waals surface area contributed by atoms with E-state index in [-0.39, 0.29) is 11.8 Å². The molecule has 0 unspecified atom stereocenters. The molecule has 0 aromatic heterocycles. The summed E-state index contributed by atoms with van der Waals surface area (Å²) in [4.78, 5) is 11.4. The van der Waals surface area contributed by atoms with E-state index < -0.39 is 0 Å². The van der Waals surface area contributed by atoms with Gasteiger partial charge in [-0.15, -0.1) is 0 Å². The van der Waals surface area contributed by atoms with E-state index >= 15 is 0 Å². The first-order chi connectivity index (χ1) is 6.29. The molecule has 1 N–H and O–H groups in total. The highest BCUT2D eigenvalue weighted by Crippen LogP contribution is 2.23. The van der Waals surface area contributed by atoms with Gasteiger partial charge in [0.15, 0.2) is 0 Å². The maximum absolute atomic E-state index is 11.4. The Bertz CT molecular complexity index is 197. The van der Waals surface area contributed by atoms with Gasteiger partial charge >= 0.3 is 0 Å². The number of rotatable bonds is 3. The maximum atomic E-state index is 11.4. The van der Waals surface area contributed by atoms with E-state index in [0.29, 0.717) is 25.4 Å². The van der Waals surface area contributed by atoms with Crippen LogP contribution in [0.5, 0.6) is 0 Å². The van der Waals surface area contributed by atoms with E-state index in [1.807, 2.05) is 0 Å². The minimum atomic E-state index is 0.0987. The van der Waals surface area contributed by atoms with Crippen LogP contribution >= 0.6 is 0 Å². The van der Waals surface area contributed by atoms with Crippen molar-refractivity contribution in [3.63, 3.8) is 0 Å². The zero-order valence-corrected chi connectivity index (χ0v) is 7.79. The van der Waals surface area contributed by atoms with Gasteiger partial charge in [-0.3, -0.25) is 4.79 Å². The molecule has 2 rings (SSSR count). The normalized spacial score (nSPS) is 33.3. The van der Waals surface area contributed by atoms with Crippen LogP contribution in [0.1, 0.15) is 12.8 Å². The van der Waals surface area contributed by atoms with E-state index in [1.165, 1.54) is 0 Å². The lowest BCUT2D eigenvalue weighted by atomic mass is 9.88. The molecular weight excluding hydrogens is 170 g/mol. The summed E-state index contributed by atoms with van der Waals surface area (Å²) in [5.41, 5.74) is 0. The van der Waals surface area contributed by atoms with Crippen molar-refractivity contribution in [2.24, 2.45) is 5.92 Å². The number of carbonyl (C=O) groups excluding carboxylic acids is 1. The van der Waals surface area contributed by atoms with Gasteiger partial charge in [0.25, 0.3) is 0 Å². The molecule has 1 saturated heterocycles. The molecule has 4 nitrogen and oxygen atoms in total. The predicted octanol–water partition coefficient (Wildman–Crippen LogP) is -0.0736. The molecule has 1 amide bonds. The van der Waals surface area contributed by atoms with Crippen LogP contribution in [0.4, 0.5) is 0 Å². The minimum absolute atomic E-state index is 0.0987. The Kier molecular flexibility index (Phi) is 2.51. The summed E-state index contributed by atoms with van der Waals surface area (Å²) in [5, 5.41) is 2.98. The lowest BCUT2D eigenvalue weighted by molar-refractivity contribution is -0.141. The maximum Gasteiger partial charge on any atom is 0.228 e. The second-order valence-corrected chi connectivity index (χ2v) is 3.77. The van der Waals surface area contributed by atoms with E-state index in [0.717, 1.165) is 12.8 Å². The SMILES string of the molecule is COC1CC(NC(=O)C2COC2)C1. The lowest BCUT2D eigenvalue weighted by Crippen LogP contribution is -2.52. The third-order valence-corrected chi connectivity index (χ3v) is 2.78. The van der Waals surface area contributed by atoms with Crippen LogP contribution in [0.15, 0.2) is 0 Å². The molecule has 74 valence electrons. The highest BCUT2D eigenvalue weighted by atomic mass is 16.5. The van der Waals surface area contributed by atoms with Crippen LogP contribution in [-0.4, -0.2) is 38.4 Å². The van der Waals surface area contributed by atoms with Crippen molar-refractivity contribution < 1.29 is 14.3 Å². The largest absolute Gasteiger partial charge is 0.381 e. The van der Waals surface area contributed by atoms with E-state index in [2.05, 4.69) is 5.32 Å². The molecule has 0 aromatic carbocycles. The molecule has 0 spiro atoms. The van der Waals surface area contributed by atoms with E-state index in [1.54, 1.807) is 7.11 Å². The molecule has 13 heavy (non-hydrogen) atoms. The standard InChI is InChI=1S/C9H15NO3/c1-12-8-2-7(3-8)10-9(11)6-4-13-5-6/h6-8H,2-5H2,1H3,(H,10,11). The van der Waals surface area contributed by atoms with Crippen molar-refractivity contribution in [1.29, 1.82) is 0 Å². The zero-order chi connectivity index (χ0) is 9.26. The Hall–Kier alpha value is -0.610. The second kappa shape index (κ2) is 3.64. The Balaban J connectivity index is 1.65. The third-order valence-electron chi connectivity index (χ3n) is 2.78. The first-order valence-corrected chi connectivity index (χ1v) is 4.70. The molecule has 1 aliphatic heterocycles. The zero-order valence-electron chi connectivity index (χ0n) is 7.79. The highest BCUT2D eigenvalue weighted by Gasteiger charge is 2.33. The number of ether oxygens (including phenoxy) is 2. The molecular formula is C9H15NO3. The van der Waals surface area contributed by atoms with Gasteiger partial charge in [0, 0.05) is 13.2 Å². The van der Waals surface area contributed by atoms with Crippen molar-refractivity contribution in [3.8, 4) is 0 Å². The van der Waals surface area contributed by atoms with Crippen molar-refractivity contribution in [2.75, 3.05) is 20.3 Å². The predicted molar refractivity (Wildman–Crippen MR) is 46.3 cm³/mol. The summed E-state index contributed by atoms with van der Waals surface area (Å²) >= 11 is 0. The average Bonchev–Trinajstić information content (AvgIpc) is 1.92. The quantitative estimate of drug-likeness (QED) is 0.669. The van der Waals surface area contributed by atoms with Crippen molar-refractivity contribution in [1.82, 2.24) is 5.32 Å². The van der Waals surface area contributed by atoms with Gasteiger partial charge in [0.2, 0.25) is 5.91 Å². The fourth-order valence-corrected chi connectivity index (χ4v) is 1.58. The number of hydrogen-bond donors (Lipinski definition) is 1. The highest BCUT2D eigenvalue weighted by molar-refractivity contribution is 5.79. The van der Waals surface area contributed by atoms with Gasteiger partial charge in [-0.2, -0.15) is 0 Å². The van der Waals surface area contributed by atoms with Gasteiger partial charge < -0.3 is 14.8 Å². The number of carbonyl (C=O) groups is 1. The fraction of sp³-hybridized carbons (Fsp3) is 0.889. The van der Waals surface area contributed by atoms with Crippen LogP contribution in [0.25, 0.3) is 0 Å². The minimum Gasteiger partial charge on any atom is -0.381 e. The summed E-state index contributed by atoms with van der Waals surface area (Å²) in [6, 6.07) is 0.332. The van der Waals surface area contributed by atoms with Crippen molar-refractivity contribution in [3.05, 3.63) is 0 Å². The summed E-state index contributed by atoms with van der Waals surface area (Å²) in [6.07, 6.45) is 2.26. The van der Waals surface area contributed by atoms with Gasteiger partial charge in [0.05, 0.1) is 25.2 Å². The van der Waals surface area contributed by atoms with Crippen molar-refractivity contribution in [2.45, 2.75) is 25.0 Å². The Labute approximate surface area is 77.6 Å². The third kappa shape index (κ3) is 1.84.